The zero-order chi connectivity index (χ0) is 16.4. The molecule has 0 aliphatic heterocycles. The smallest absolute Gasteiger partial charge is 0.228 e. The van der Waals surface area contributed by atoms with Crippen LogP contribution in [0.1, 0.15) is 12.5 Å². The Morgan fingerprint density at radius 3 is 2.52 bits per heavy atom. The maximum absolute atomic E-state index is 13.4. The van der Waals surface area contributed by atoms with Crippen LogP contribution in [0.3, 0.4) is 0 Å². The molecule has 0 unspecified atom stereocenters. The van der Waals surface area contributed by atoms with Crippen molar-refractivity contribution in [2.45, 2.75) is 6.92 Å². The van der Waals surface area contributed by atoms with E-state index in [1.807, 2.05) is 24.3 Å². The number of hydrogen-bond donors (Lipinski definition) is 0. The quantitative estimate of drug-likeness (QED) is 0.523. The summed E-state index contributed by atoms with van der Waals surface area (Å²) in [4.78, 5) is 5.14. The predicted octanol–water partition coefficient (Wildman–Crippen LogP) is 4.55. The number of ether oxygens (including phenoxy) is 1. The van der Waals surface area contributed by atoms with Gasteiger partial charge in [0.2, 0.25) is 5.55 Å². The van der Waals surface area contributed by atoms with Gasteiger partial charge in [0.25, 0.3) is 0 Å². The van der Waals surface area contributed by atoms with Crippen molar-refractivity contribution in [2.24, 2.45) is 4.99 Å². The minimum absolute atomic E-state index is 0.319. The molecule has 1 heterocycles. The molecule has 0 spiro atoms. The Morgan fingerprint density at radius 1 is 1.13 bits per heavy atom. The number of benzene rings is 2. The highest BCUT2D eigenvalue weighted by molar-refractivity contribution is 7.80. The summed E-state index contributed by atoms with van der Waals surface area (Å²) in [5, 5.41) is 0.651. The van der Waals surface area contributed by atoms with Gasteiger partial charge in [0.15, 0.2) is 0 Å². The summed E-state index contributed by atoms with van der Waals surface area (Å²) >= 11 is 5.27. The van der Waals surface area contributed by atoms with E-state index < -0.39 is 0 Å². The van der Waals surface area contributed by atoms with Crippen LogP contribution in [0.4, 0.5) is 10.1 Å². The minimum atomic E-state index is -0.319. The third-order valence-electron chi connectivity index (χ3n) is 3.39. The number of methoxy groups -OCH3 is 1. The number of nitrogens with zero attached hydrogens (tertiary/aromatic N) is 1. The van der Waals surface area contributed by atoms with Crippen molar-refractivity contribution in [3.63, 3.8) is 0 Å². The highest BCUT2D eigenvalue weighted by atomic mass is 32.1. The Morgan fingerprint density at radius 2 is 1.87 bits per heavy atom. The van der Waals surface area contributed by atoms with Gasteiger partial charge >= 0.3 is 0 Å². The van der Waals surface area contributed by atoms with E-state index in [9.17, 15) is 4.39 Å². The maximum Gasteiger partial charge on any atom is 0.228 e. The van der Waals surface area contributed by atoms with E-state index in [1.165, 1.54) is 12.1 Å². The summed E-state index contributed by atoms with van der Waals surface area (Å²) in [6.45, 7) is 1.79. The Bertz CT molecular complexity index is 945. The van der Waals surface area contributed by atoms with Crippen LogP contribution in [0.2, 0.25) is 0 Å². The second-order valence-electron chi connectivity index (χ2n) is 5.01. The highest BCUT2D eigenvalue weighted by Gasteiger charge is 2.07. The van der Waals surface area contributed by atoms with E-state index in [2.05, 4.69) is 4.99 Å². The molecule has 0 bridgehead atoms. The molecule has 0 aliphatic carbocycles. The van der Waals surface area contributed by atoms with Crippen LogP contribution in [0.5, 0.6) is 5.75 Å². The first-order chi connectivity index (χ1) is 11.1. The van der Waals surface area contributed by atoms with E-state index >= 15 is 0 Å². The molecule has 5 heteroatoms. The van der Waals surface area contributed by atoms with Gasteiger partial charge in [-0.3, -0.25) is 0 Å². The lowest BCUT2D eigenvalue weighted by molar-refractivity contribution is 0.415. The molecule has 0 fully saturated rings. The molecule has 1 aromatic heterocycles. The number of hydrogen-bond acceptors (Lipinski definition) is 4. The molecule has 0 aliphatic rings. The first kappa shape index (κ1) is 15.4. The fourth-order valence-electron chi connectivity index (χ4n) is 2.21. The molecule has 0 saturated carbocycles. The lowest BCUT2D eigenvalue weighted by atomic mass is 10.1. The van der Waals surface area contributed by atoms with Crippen molar-refractivity contribution in [1.82, 2.24) is 0 Å². The summed E-state index contributed by atoms with van der Waals surface area (Å²) in [6.07, 6.45) is 0. The van der Waals surface area contributed by atoms with Gasteiger partial charge in [-0.05, 0) is 55.5 Å². The van der Waals surface area contributed by atoms with Crippen LogP contribution in [-0.4, -0.2) is 12.0 Å². The van der Waals surface area contributed by atoms with Crippen LogP contribution in [0.15, 0.2) is 57.9 Å². The van der Waals surface area contributed by atoms with Crippen molar-refractivity contribution in [3.8, 4) is 5.75 Å². The summed E-state index contributed by atoms with van der Waals surface area (Å²) in [5.74, 6) is 0.432. The molecule has 0 amide bonds. The zero-order valence-electron chi connectivity index (χ0n) is 12.7. The summed E-state index contributed by atoms with van der Waals surface area (Å²) in [5.41, 5.74) is 2.35. The molecule has 0 atom stereocenters. The topological polar surface area (TPSA) is 34.7 Å². The van der Waals surface area contributed by atoms with Gasteiger partial charge in [0.05, 0.1) is 18.4 Å². The maximum atomic E-state index is 13.4. The van der Waals surface area contributed by atoms with Gasteiger partial charge in [-0.2, -0.15) is 0 Å². The van der Waals surface area contributed by atoms with Gasteiger partial charge in [-0.1, -0.05) is 12.2 Å². The van der Waals surface area contributed by atoms with Crippen LogP contribution in [0.25, 0.3) is 11.0 Å². The monoisotopic (exact) mass is 327 g/mol. The Labute approximate surface area is 138 Å². The van der Waals surface area contributed by atoms with Gasteiger partial charge in [0.1, 0.15) is 17.1 Å². The molecule has 3 rings (SSSR count). The van der Waals surface area contributed by atoms with Crippen molar-refractivity contribution in [1.29, 1.82) is 0 Å². The van der Waals surface area contributed by atoms with Gasteiger partial charge < -0.3 is 9.15 Å². The van der Waals surface area contributed by atoms with Crippen LogP contribution in [0, 0.1) is 5.82 Å². The van der Waals surface area contributed by atoms with Crippen LogP contribution < -0.4 is 10.3 Å². The number of thiocarbonyl (C=S) groups is 1. The Balaban J connectivity index is 2.21. The van der Waals surface area contributed by atoms with E-state index in [-0.39, 0.29) is 5.82 Å². The van der Waals surface area contributed by atoms with Gasteiger partial charge in [-0.25, -0.2) is 9.38 Å². The third kappa shape index (κ3) is 3.29. The predicted molar refractivity (Wildman–Crippen MR) is 91.8 cm³/mol. The summed E-state index contributed by atoms with van der Waals surface area (Å²) < 4.78 is 24.3. The first-order valence-electron chi connectivity index (χ1n) is 7.00. The third-order valence-corrected chi connectivity index (χ3v) is 3.61. The van der Waals surface area contributed by atoms with Crippen molar-refractivity contribution in [2.75, 3.05) is 7.11 Å². The first-order valence-corrected chi connectivity index (χ1v) is 7.41. The lowest BCUT2D eigenvalue weighted by Crippen LogP contribution is -2.12. The molecule has 116 valence electrons. The number of rotatable bonds is 3. The zero-order valence-corrected chi connectivity index (χ0v) is 13.5. The van der Waals surface area contributed by atoms with E-state index in [0.29, 0.717) is 32.6 Å². The summed E-state index contributed by atoms with van der Waals surface area (Å²) in [7, 11) is 1.61. The molecule has 3 nitrogen and oxygen atoms in total. The Kier molecular flexibility index (Phi) is 4.21. The summed E-state index contributed by atoms with van der Waals surface area (Å²) in [6, 6.07) is 13.4. The van der Waals surface area contributed by atoms with Crippen molar-refractivity contribution >= 4 is 33.7 Å². The fraction of sp³-hybridized carbons (Fsp3) is 0.111. The fourth-order valence-corrected chi connectivity index (χ4v) is 2.36. The molecular formula is C18H14FNO2S. The average molecular weight is 327 g/mol. The average Bonchev–Trinajstić information content (AvgIpc) is 2.55. The molecule has 3 aromatic rings. The largest absolute Gasteiger partial charge is 0.497 e. The van der Waals surface area contributed by atoms with E-state index in [0.717, 1.165) is 5.75 Å². The second kappa shape index (κ2) is 6.30. The minimum Gasteiger partial charge on any atom is -0.497 e. The van der Waals surface area contributed by atoms with Crippen LogP contribution in [-0.2, 0) is 0 Å². The van der Waals surface area contributed by atoms with E-state index in [1.54, 1.807) is 26.2 Å². The van der Waals surface area contributed by atoms with Crippen molar-refractivity contribution < 1.29 is 13.5 Å². The van der Waals surface area contributed by atoms with Crippen LogP contribution >= 0.6 is 12.2 Å². The van der Waals surface area contributed by atoms with Crippen molar-refractivity contribution in [3.05, 3.63) is 65.5 Å². The Hall–Kier alpha value is -2.53. The molecule has 23 heavy (non-hydrogen) atoms. The normalized spacial score (nSPS) is 11.7. The molecule has 2 aromatic carbocycles. The molecule has 0 saturated heterocycles. The van der Waals surface area contributed by atoms with Gasteiger partial charge in [0, 0.05) is 10.3 Å². The standard InChI is InChI=1S/C18H14FNO2S/c1-11(23)16-10-12-9-13(19)3-8-17(12)22-18(16)20-14-4-6-15(21-2)7-5-14/h3-10H,1-2H3. The second-order valence-corrected chi connectivity index (χ2v) is 5.63. The lowest BCUT2D eigenvalue weighted by Gasteiger charge is -2.04. The van der Waals surface area contributed by atoms with Gasteiger partial charge in [-0.15, -0.1) is 0 Å². The molecular weight excluding hydrogens is 313 g/mol. The molecule has 0 radical (unpaired) electrons. The SMILES string of the molecule is COc1ccc(N=c2oc3ccc(F)cc3cc2C(C)=S)cc1. The van der Waals surface area contributed by atoms with E-state index in [4.69, 9.17) is 21.4 Å². The highest BCUT2D eigenvalue weighted by Crippen LogP contribution is 2.19. The number of fused-ring (bicyclic) bond motifs is 1. The number of halogens is 1. The molecule has 0 N–H and O–H groups in total.